The summed E-state index contributed by atoms with van der Waals surface area (Å²) in [6, 6.07) is 3.07. The third-order valence-electron chi connectivity index (χ3n) is 2.74. The summed E-state index contributed by atoms with van der Waals surface area (Å²) in [6.07, 6.45) is 2.08. The lowest BCUT2D eigenvalue weighted by Gasteiger charge is -2.23. The molecule has 0 saturated carbocycles. The lowest BCUT2D eigenvalue weighted by Crippen LogP contribution is -2.25. The molecule has 0 bridgehead atoms. The topological polar surface area (TPSA) is 106 Å². The first-order valence-electron chi connectivity index (χ1n) is 5.66. The Bertz CT molecular complexity index is 436. The second kappa shape index (κ2) is 5.87. The van der Waals surface area contributed by atoms with Gasteiger partial charge in [-0.15, -0.1) is 0 Å². The maximum atomic E-state index is 10.8. The summed E-state index contributed by atoms with van der Waals surface area (Å²) in [5, 5.41) is 14.0. The molecule has 2 heterocycles. The highest BCUT2D eigenvalue weighted by molar-refractivity contribution is 7.99. The summed E-state index contributed by atoms with van der Waals surface area (Å²) in [6.45, 7) is 0. The molecule has 0 radical (unpaired) electrons. The number of hydrogen-bond donors (Lipinski definition) is 3. The Labute approximate surface area is 109 Å². The monoisotopic (exact) mass is 269 g/mol. The van der Waals surface area contributed by atoms with E-state index in [9.17, 15) is 10.1 Å². The van der Waals surface area contributed by atoms with Gasteiger partial charge in [-0.1, -0.05) is 0 Å². The van der Waals surface area contributed by atoms with Gasteiger partial charge >= 0.3 is 0 Å². The van der Waals surface area contributed by atoms with Crippen LogP contribution in [-0.4, -0.2) is 27.5 Å². The van der Waals surface area contributed by atoms with E-state index in [1.807, 2.05) is 11.8 Å². The van der Waals surface area contributed by atoms with Crippen molar-refractivity contribution in [1.29, 1.82) is 0 Å². The number of nitro groups is 1. The lowest BCUT2D eigenvalue weighted by molar-refractivity contribution is -0.384. The zero-order valence-corrected chi connectivity index (χ0v) is 10.6. The summed E-state index contributed by atoms with van der Waals surface area (Å²) in [5.74, 6) is 8.25. The van der Waals surface area contributed by atoms with E-state index in [0.29, 0.717) is 11.9 Å². The van der Waals surface area contributed by atoms with Crippen LogP contribution in [0.15, 0.2) is 12.1 Å². The van der Waals surface area contributed by atoms with Crippen molar-refractivity contribution in [2.75, 3.05) is 22.2 Å². The van der Waals surface area contributed by atoms with Crippen LogP contribution in [-0.2, 0) is 0 Å². The van der Waals surface area contributed by atoms with Gasteiger partial charge in [-0.25, -0.2) is 10.8 Å². The third-order valence-corrected chi connectivity index (χ3v) is 3.79. The van der Waals surface area contributed by atoms with Gasteiger partial charge in [0.2, 0.25) is 0 Å². The number of hydrazine groups is 1. The first kappa shape index (κ1) is 12.9. The fourth-order valence-corrected chi connectivity index (χ4v) is 2.93. The van der Waals surface area contributed by atoms with Gasteiger partial charge in [0, 0.05) is 6.04 Å². The smallest absolute Gasteiger partial charge is 0.276 e. The Hall–Kier alpha value is -1.54. The van der Waals surface area contributed by atoms with E-state index in [0.717, 1.165) is 24.3 Å². The van der Waals surface area contributed by atoms with Gasteiger partial charge in [-0.2, -0.15) is 11.8 Å². The molecule has 1 saturated heterocycles. The number of anilines is 2. The SMILES string of the molecule is NNc1cc([N+](=O)[O-])cc(NC2CCSCC2)n1. The zero-order valence-electron chi connectivity index (χ0n) is 9.76. The normalized spacial score (nSPS) is 16.3. The molecule has 0 amide bonds. The minimum Gasteiger partial charge on any atom is -0.367 e. The number of hydrogen-bond acceptors (Lipinski definition) is 7. The minimum atomic E-state index is -0.454. The van der Waals surface area contributed by atoms with E-state index in [4.69, 9.17) is 5.84 Å². The Morgan fingerprint density at radius 3 is 2.67 bits per heavy atom. The molecule has 1 fully saturated rings. The summed E-state index contributed by atoms with van der Waals surface area (Å²) in [4.78, 5) is 14.5. The Morgan fingerprint density at radius 1 is 1.39 bits per heavy atom. The highest BCUT2D eigenvalue weighted by Crippen LogP contribution is 2.24. The zero-order chi connectivity index (χ0) is 13.0. The van der Waals surface area contributed by atoms with E-state index in [2.05, 4.69) is 15.7 Å². The molecule has 18 heavy (non-hydrogen) atoms. The molecular formula is C10H15N5O2S. The molecule has 0 spiro atoms. The molecule has 8 heteroatoms. The molecule has 4 N–H and O–H groups in total. The second-order valence-corrected chi connectivity index (χ2v) is 5.25. The van der Waals surface area contributed by atoms with E-state index < -0.39 is 4.92 Å². The van der Waals surface area contributed by atoms with Crippen molar-refractivity contribution < 1.29 is 4.92 Å². The second-order valence-electron chi connectivity index (χ2n) is 4.03. The number of nitrogen functional groups attached to an aromatic ring is 1. The molecule has 1 aromatic rings. The number of nitrogens with zero attached hydrogens (tertiary/aromatic N) is 2. The average Bonchev–Trinajstić information content (AvgIpc) is 2.39. The van der Waals surface area contributed by atoms with Crippen molar-refractivity contribution in [1.82, 2.24) is 4.98 Å². The van der Waals surface area contributed by atoms with Crippen molar-refractivity contribution in [3.63, 3.8) is 0 Å². The Morgan fingerprint density at radius 2 is 2.06 bits per heavy atom. The van der Waals surface area contributed by atoms with Crippen LogP contribution in [0.3, 0.4) is 0 Å². The van der Waals surface area contributed by atoms with E-state index in [1.54, 1.807) is 0 Å². The lowest BCUT2D eigenvalue weighted by atomic mass is 10.1. The van der Waals surface area contributed by atoms with E-state index in [-0.39, 0.29) is 11.5 Å². The molecule has 2 rings (SSSR count). The van der Waals surface area contributed by atoms with Gasteiger partial charge in [-0.3, -0.25) is 10.1 Å². The third kappa shape index (κ3) is 3.23. The largest absolute Gasteiger partial charge is 0.367 e. The Balaban J connectivity index is 2.15. The Kier molecular flexibility index (Phi) is 4.21. The molecule has 0 aliphatic carbocycles. The number of rotatable bonds is 4. The molecule has 1 aromatic heterocycles. The van der Waals surface area contributed by atoms with Crippen LogP contribution in [0.4, 0.5) is 17.3 Å². The highest BCUT2D eigenvalue weighted by atomic mass is 32.2. The number of thioether (sulfide) groups is 1. The van der Waals surface area contributed by atoms with E-state index in [1.165, 1.54) is 12.1 Å². The van der Waals surface area contributed by atoms with Crippen LogP contribution < -0.4 is 16.6 Å². The highest BCUT2D eigenvalue weighted by Gasteiger charge is 2.16. The van der Waals surface area contributed by atoms with Gasteiger partial charge in [0.25, 0.3) is 5.69 Å². The van der Waals surface area contributed by atoms with Gasteiger partial charge in [0.1, 0.15) is 11.6 Å². The van der Waals surface area contributed by atoms with Gasteiger partial charge in [-0.05, 0) is 24.3 Å². The standard InChI is InChI=1S/C10H15N5O2S/c11-14-10-6-8(15(16)17)5-9(13-10)12-7-1-3-18-4-2-7/h5-7H,1-4,11H2,(H2,12,13,14). The fraction of sp³-hybridized carbons (Fsp3) is 0.500. The van der Waals surface area contributed by atoms with Crippen LogP contribution >= 0.6 is 11.8 Å². The van der Waals surface area contributed by atoms with Crippen LogP contribution in [0.1, 0.15) is 12.8 Å². The predicted octanol–water partition coefficient (Wildman–Crippen LogP) is 1.58. The minimum absolute atomic E-state index is 0.0226. The molecule has 0 atom stereocenters. The average molecular weight is 269 g/mol. The van der Waals surface area contributed by atoms with E-state index >= 15 is 0 Å². The van der Waals surface area contributed by atoms with Crippen molar-refractivity contribution in [2.24, 2.45) is 5.84 Å². The number of nitrogens with one attached hydrogen (secondary N) is 2. The molecule has 1 aliphatic heterocycles. The van der Waals surface area contributed by atoms with Crippen molar-refractivity contribution in [2.45, 2.75) is 18.9 Å². The van der Waals surface area contributed by atoms with Crippen molar-refractivity contribution in [3.8, 4) is 0 Å². The number of nitrogens with two attached hydrogens (primary N) is 1. The maximum absolute atomic E-state index is 10.8. The van der Waals surface area contributed by atoms with Gasteiger partial charge in [0.05, 0.1) is 17.1 Å². The summed E-state index contributed by atoms with van der Waals surface area (Å²) < 4.78 is 0. The van der Waals surface area contributed by atoms with Gasteiger partial charge < -0.3 is 10.7 Å². The predicted molar refractivity (Wildman–Crippen MR) is 72.7 cm³/mol. The fourth-order valence-electron chi connectivity index (χ4n) is 1.82. The first-order chi connectivity index (χ1) is 8.69. The maximum Gasteiger partial charge on any atom is 0.276 e. The number of aromatic nitrogens is 1. The summed E-state index contributed by atoms with van der Waals surface area (Å²) in [7, 11) is 0. The summed E-state index contributed by atoms with van der Waals surface area (Å²) in [5.41, 5.74) is 2.32. The number of pyridine rings is 1. The van der Waals surface area contributed by atoms with Crippen LogP contribution in [0, 0.1) is 10.1 Å². The molecule has 1 aliphatic rings. The van der Waals surface area contributed by atoms with Crippen LogP contribution in [0.2, 0.25) is 0 Å². The molecule has 0 unspecified atom stereocenters. The van der Waals surface area contributed by atoms with Crippen molar-refractivity contribution >= 4 is 29.1 Å². The summed E-state index contributed by atoms with van der Waals surface area (Å²) >= 11 is 1.92. The van der Waals surface area contributed by atoms with Crippen LogP contribution in [0.5, 0.6) is 0 Å². The quantitative estimate of drug-likeness (QED) is 0.433. The first-order valence-corrected chi connectivity index (χ1v) is 6.82. The van der Waals surface area contributed by atoms with Gasteiger partial charge in [0.15, 0.2) is 0 Å². The van der Waals surface area contributed by atoms with Crippen molar-refractivity contribution in [3.05, 3.63) is 22.2 Å². The molecule has 0 aromatic carbocycles. The molecular weight excluding hydrogens is 254 g/mol. The van der Waals surface area contributed by atoms with Crippen LogP contribution in [0.25, 0.3) is 0 Å². The molecule has 98 valence electrons. The molecule has 7 nitrogen and oxygen atoms in total.